The van der Waals surface area contributed by atoms with Gasteiger partial charge in [-0.15, -0.1) is 10.2 Å². The lowest BCUT2D eigenvalue weighted by Gasteiger charge is -2.25. The maximum Gasteiger partial charge on any atom is 0.254 e. The number of thiophene rings is 1. The number of H-pyrrole nitrogens is 1. The number of tetrazole rings is 1. The van der Waals surface area contributed by atoms with E-state index < -0.39 is 0 Å². The summed E-state index contributed by atoms with van der Waals surface area (Å²) in [5, 5.41) is 37.5. The number of rotatable bonds is 12. The van der Waals surface area contributed by atoms with E-state index in [1.165, 1.54) is 24.2 Å². The largest absolute Gasteiger partial charge is 0.489 e. The number of carbonyl (C=O) groups excluding carboxylic acids is 1. The van der Waals surface area contributed by atoms with E-state index in [0.717, 1.165) is 57.5 Å². The first-order valence-electron chi connectivity index (χ1n) is 16.3. The van der Waals surface area contributed by atoms with Gasteiger partial charge in [-0.05, 0) is 106 Å². The van der Waals surface area contributed by atoms with E-state index in [1.54, 1.807) is 17.4 Å². The number of aromatic nitrogens is 6. The molecular weight excluding hydrogens is 627 g/mol. The predicted molar refractivity (Wildman–Crippen MR) is 185 cm³/mol. The summed E-state index contributed by atoms with van der Waals surface area (Å²) in [6.07, 6.45) is 5.93. The molecule has 0 unspecified atom stereocenters. The van der Waals surface area contributed by atoms with Crippen molar-refractivity contribution in [2.75, 3.05) is 26.3 Å². The third kappa shape index (κ3) is 6.59. The molecule has 0 atom stereocenters. The van der Waals surface area contributed by atoms with Crippen LogP contribution in [0, 0.1) is 0 Å². The Kier molecular flexibility index (Phi) is 9.55. The lowest BCUT2D eigenvalue weighted by Crippen LogP contribution is -2.35. The standard InChI is InChI=1S/C36H37N7O4S/c44-17-15-42(16-18-45)36(46)26-8-12-31(27-14-19-48-23-27)28(20-26)22-47-30-10-6-24(7-11-30)35-37-32-21-25(34-38-40-41-39-34)9-13-33(32)43(35)29-4-2-1-3-5-29/h6-14,19-21,23,29,44-45H,1-5,15-18,22H2,(H,38,39,40,41). The highest BCUT2D eigenvalue weighted by molar-refractivity contribution is 7.08. The molecule has 11 nitrogen and oxygen atoms in total. The Morgan fingerprint density at radius 3 is 2.44 bits per heavy atom. The number of carbonyl (C=O) groups is 1. The van der Waals surface area contributed by atoms with Crippen molar-refractivity contribution in [2.45, 2.75) is 44.8 Å². The molecular formula is C36H37N7O4S. The van der Waals surface area contributed by atoms with E-state index in [2.05, 4.69) is 48.8 Å². The smallest absolute Gasteiger partial charge is 0.254 e. The fourth-order valence-corrected chi connectivity index (χ4v) is 7.24. The van der Waals surface area contributed by atoms with Gasteiger partial charge >= 0.3 is 0 Å². The Bertz CT molecular complexity index is 1960. The molecule has 3 N–H and O–H groups in total. The monoisotopic (exact) mass is 663 g/mol. The van der Waals surface area contributed by atoms with Crippen molar-refractivity contribution in [3.8, 4) is 39.7 Å². The van der Waals surface area contributed by atoms with Crippen molar-refractivity contribution in [3.63, 3.8) is 0 Å². The van der Waals surface area contributed by atoms with Crippen LogP contribution in [0.3, 0.4) is 0 Å². The minimum Gasteiger partial charge on any atom is -0.489 e. The summed E-state index contributed by atoms with van der Waals surface area (Å²) in [5.74, 6) is 1.92. The van der Waals surface area contributed by atoms with Crippen LogP contribution in [-0.2, 0) is 6.61 Å². The second-order valence-corrected chi connectivity index (χ2v) is 12.8. The van der Waals surface area contributed by atoms with Crippen LogP contribution in [-0.4, -0.2) is 77.5 Å². The maximum absolute atomic E-state index is 13.3. The summed E-state index contributed by atoms with van der Waals surface area (Å²) in [6, 6.07) is 22.2. The van der Waals surface area contributed by atoms with Crippen LogP contribution in [0.15, 0.2) is 77.5 Å². The molecule has 3 aromatic carbocycles. The van der Waals surface area contributed by atoms with Gasteiger partial charge in [0.05, 0.1) is 24.2 Å². The van der Waals surface area contributed by atoms with Gasteiger partial charge in [-0.2, -0.15) is 16.6 Å². The topological polar surface area (TPSA) is 142 Å². The van der Waals surface area contributed by atoms with Crippen molar-refractivity contribution in [1.82, 2.24) is 35.1 Å². The number of imidazole rings is 1. The van der Waals surface area contributed by atoms with Crippen LogP contribution < -0.4 is 4.74 Å². The van der Waals surface area contributed by atoms with Crippen molar-refractivity contribution in [3.05, 3.63) is 88.6 Å². The average molecular weight is 664 g/mol. The molecule has 0 bridgehead atoms. The number of nitrogens with zero attached hydrogens (tertiary/aromatic N) is 6. The van der Waals surface area contributed by atoms with Crippen LogP contribution in [0.25, 0.3) is 44.9 Å². The highest BCUT2D eigenvalue weighted by Gasteiger charge is 2.23. The molecule has 0 radical (unpaired) electrons. The van der Waals surface area contributed by atoms with E-state index in [4.69, 9.17) is 9.72 Å². The van der Waals surface area contributed by atoms with E-state index in [0.29, 0.717) is 23.2 Å². The number of hydrogen-bond donors (Lipinski definition) is 3. The third-order valence-electron chi connectivity index (χ3n) is 8.95. The minimum atomic E-state index is -0.245. The zero-order chi connectivity index (χ0) is 32.9. The van der Waals surface area contributed by atoms with Crippen LogP contribution in [0.1, 0.15) is 54.1 Å². The molecule has 1 amide bonds. The number of ether oxygens (including phenoxy) is 1. The van der Waals surface area contributed by atoms with Crippen molar-refractivity contribution >= 4 is 28.3 Å². The van der Waals surface area contributed by atoms with E-state index in [-0.39, 0.29) is 38.8 Å². The number of fused-ring (bicyclic) bond motifs is 1. The fourth-order valence-electron chi connectivity index (χ4n) is 6.58. The molecule has 1 fully saturated rings. The molecule has 48 heavy (non-hydrogen) atoms. The predicted octanol–water partition coefficient (Wildman–Crippen LogP) is 6.12. The molecule has 12 heteroatoms. The Morgan fingerprint density at radius 1 is 0.938 bits per heavy atom. The molecule has 6 aromatic rings. The number of benzene rings is 3. The number of aliphatic hydroxyl groups excluding tert-OH is 2. The number of aromatic amines is 1. The summed E-state index contributed by atoms with van der Waals surface area (Å²) < 4.78 is 8.72. The Labute approximate surface area is 281 Å². The summed E-state index contributed by atoms with van der Waals surface area (Å²) >= 11 is 1.61. The first-order chi connectivity index (χ1) is 23.6. The highest BCUT2D eigenvalue weighted by Crippen LogP contribution is 2.37. The SMILES string of the molecule is O=C(c1ccc(-c2ccsc2)c(COc2ccc(-c3nc4cc(-c5nn[nH]n5)ccc4n3C3CCCCC3)cc2)c1)N(CCO)CCO. The van der Waals surface area contributed by atoms with Gasteiger partial charge in [0.15, 0.2) is 0 Å². The van der Waals surface area contributed by atoms with Gasteiger partial charge in [-0.25, -0.2) is 4.98 Å². The molecule has 246 valence electrons. The Morgan fingerprint density at radius 2 is 1.73 bits per heavy atom. The second kappa shape index (κ2) is 14.5. The van der Waals surface area contributed by atoms with E-state index >= 15 is 0 Å². The fraction of sp³-hybridized carbons (Fsp3) is 0.306. The van der Waals surface area contributed by atoms with Crippen LogP contribution >= 0.6 is 11.3 Å². The summed E-state index contributed by atoms with van der Waals surface area (Å²) in [7, 11) is 0. The highest BCUT2D eigenvalue weighted by atomic mass is 32.1. The molecule has 1 aliphatic carbocycles. The molecule has 1 saturated carbocycles. The van der Waals surface area contributed by atoms with Gasteiger partial charge in [-0.1, -0.05) is 25.3 Å². The average Bonchev–Trinajstić information content (AvgIpc) is 3.93. The normalized spacial score (nSPS) is 13.6. The van der Waals surface area contributed by atoms with Crippen molar-refractivity contribution in [1.29, 1.82) is 0 Å². The zero-order valence-electron chi connectivity index (χ0n) is 26.5. The van der Waals surface area contributed by atoms with Gasteiger partial charge in [0.2, 0.25) is 5.82 Å². The Balaban J connectivity index is 1.16. The molecule has 0 saturated heterocycles. The minimum absolute atomic E-state index is 0.151. The molecule has 0 spiro atoms. The molecule has 0 aliphatic heterocycles. The van der Waals surface area contributed by atoms with Gasteiger partial charge in [0.25, 0.3) is 5.91 Å². The molecule has 3 aromatic heterocycles. The van der Waals surface area contributed by atoms with E-state index in [9.17, 15) is 15.0 Å². The summed E-state index contributed by atoms with van der Waals surface area (Å²) in [4.78, 5) is 19.8. The molecule has 1 aliphatic rings. The lowest BCUT2D eigenvalue weighted by atomic mass is 9.95. The second-order valence-electron chi connectivity index (χ2n) is 12.0. The summed E-state index contributed by atoms with van der Waals surface area (Å²) in [6.45, 7) is 0.202. The molecule has 7 rings (SSSR count). The zero-order valence-corrected chi connectivity index (χ0v) is 27.3. The van der Waals surface area contributed by atoms with Gasteiger partial charge in [0.1, 0.15) is 18.2 Å². The number of aliphatic hydroxyl groups is 2. The van der Waals surface area contributed by atoms with Gasteiger partial charge in [0, 0.05) is 35.8 Å². The van der Waals surface area contributed by atoms with Crippen LogP contribution in [0.5, 0.6) is 5.75 Å². The van der Waals surface area contributed by atoms with Crippen molar-refractivity contribution < 1.29 is 19.7 Å². The summed E-state index contributed by atoms with van der Waals surface area (Å²) in [5.41, 5.74) is 7.25. The van der Waals surface area contributed by atoms with Crippen LogP contribution in [0.4, 0.5) is 0 Å². The maximum atomic E-state index is 13.3. The van der Waals surface area contributed by atoms with Gasteiger partial charge in [-0.3, -0.25) is 4.79 Å². The van der Waals surface area contributed by atoms with Gasteiger partial charge < -0.3 is 24.4 Å². The number of nitrogens with one attached hydrogen (secondary N) is 1. The lowest BCUT2D eigenvalue weighted by molar-refractivity contribution is 0.0684. The Hall–Kier alpha value is -4.91. The number of amides is 1. The van der Waals surface area contributed by atoms with Crippen molar-refractivity contribution in [2.24, 2.45) is 0 Å². The number of hydrogen-bond acceptors (Lipinski definition) is 9. The first kappa shape index (κ1) is 31.7. The van der Waals surface area contributed by atoms with E-state index in [1.807, 2.05) is 47.8 Å². The van der Waals surface area contributed by atoms with Crippen LogP contribution in [0.2, 0.25) is 0 Å². The first-order valence-corrected chi connectivity index (χ1v) is 17.2. The molecule has 3 heterocycles. The quantitative estimate of drug-likeness (QED) is 0.142. The third-order valence-corrected chi connectivity index (χ3v) is 9.63.